The predicted octanol–water partition coefficient (Wildman–Crippen LogP) is 1.97. The van der Waals surface area contributed by atoms with E-state index in [1.165, 1.54) is 0 Å². The minimum absolute atomic E-state index is 0.199. The Hall–Kier alpha value is -2.14. The van der Waals surface area contributed by atoms with E-state index >= 15 is 0 Å². The van der Waals surface area contributed by atoms with E-state index in [-0.39, 0.29) is 11.0 Å². The van der Waals surface area contributed by atoms with Crippen LogP contribution < -0.4 is 5.69 Å². The largest absolute Gasteiger partial charge is 0.323 e. The number of aromatic amines is 2. The quantitative estimate of drug-likeness (QED) is 0.645. The lowest BCUT2D eigenvalue weighted by molar-refractivity contribution is 1.17. The third kappa shape index (κ3) is 1.81. The van der Waals surface area contributed by atoms with Crippen molar-refractivity contribution in [1.82, 2.24) is 19.9 Å². The van der Waals surface area contributed by atoms with Crippen LogP contribution in [-0.4, -0.2) is 19.9 Å². The number of nitrogens with zero attached hydrogens (tertiary/aromatic N) is 2. The van der Waals surface area contributed by atoms with Crippen molar-refractivity contribution < 1.29 is 0 Å². The summed E-state index contributed by atoms with van der Waals surface area (Å²) in [5.41, 5.74) is 2.87. The Balaban J connectivity index is 2.20. The second-order valence-electron chi connectivity index (χ2n) is 3.55. The summed E-state index contributed by atoms with van der Waals surface area (Å²) in [7, 11) is 0. The topological polar surface area (TPSA) is 74.4 Å². The second-order valence-corrected chi connectivity index (χ2v) is 3.89. The molecule has 1 aromatic carbocycles. The van der Waals surface area contributed by atoms with E-state index in [4.69, 9.17) is 11.6 Å². The molecule has 0 atom stereocenters. The number of nitrogens with one attached hydrogen (secondary N) is 2. The summed E-state index contributed by atoms with van der Waals surface area (Å²) < 4.78 is 0. The maximum absolute atomic E-state index is 11.1. The van der Waals surface area contributed by atoms with Gasteiger partial charge in [-0.2, -0.15) is 0 Å². The molecule has 2 N–H and O–H groups in total. The van der Waals surface area contributed by atoms with Gasteiger partial charge >= 0.3 is 5.69 Å². The molecule has 0 fully saturated rings. The first-order valence-electron chi connectivity index (χ1n) is 4.93. The van der Waals surface area contributed by atoms with Gasteiger partial charge in [-0.15, -0.1) is 0 Å². The van der Waals surface area contributed by atoms with Gasteiger partial charge in [-0.05, 0) is 29.8 Å². The molecular formula is C11H7ClN4O. The highest BCUT2D eigenvalue weighted by molar-refractivity contribution is 6.28. The lowest BCUT2D eigenvalue weighted by Crippen LogP contribution is -1.99. The van der Waals surface area contributed by atoms with Crippen molar-refractivity contribution in [3.63, 3.8) is 0 Å². The molecule has 0 saturated heterocycles. The van der Waals surface area contributed by atoms with Crippen LogP contribution in [0.5, 0.6) is 0 Å². The molecule has 17 heavy (non-hydrogen) atoms. The first-order valence-corrected chi connectivity index (χ1v) is 5.31. The molecule has 2 aromatic heterocycles. The molecule has 3 rings (SSSR count). The maximum Gasteiger partial charge on any atom is 0.323 e. The fourth-order valence-corrected chi connectivity index (χ4v) is 1.83. The standard InChI is InChI=1S/C11H7ClN4O/c12-10-13-4-3-7(14-10)6-1-2-8-9(5-6)16-11(17)15-8/h1-5H,(H2,15,16,17). The van der Waals surface area contributed by atoms with Gasteiger partial charge < -0.3 is 9.97 Å². The molecule has 0 aliphatic carbocycles. The summed E-state index contributed by atoms with van der Waals surface area (Å²) in [6.45, 7) is 0. The average molecular weight is 247 g/mol. The number of H-pyrrole nitrogens is 2. The second kappa shape index (κ2) is 3.71. The fraction of sp³-hybridized carbons (Fsp3) is 0. The molecule has 0 saturated carbocycles. The highest BCUT2D eigenvalue weighted by Gasteiger charge is 2.04. The van der Waals surface area contributed by atoms with Gasteiger partial charge in [0.25, 0.3) is 0 Å². The zero-order chi connectivity index (χ0) is 11.8. The van der Waals surface area contributed by atoms with Crippen LogP contribution in [0.4, 0.5) is 0 Å². The van der Waals surface area contributed by atoms with Gasteiger partial charge in [-0.3, -0.25) is 0 Å². The van der Waals surface area contributed by atoms with Crippen molar-refractivity contribution in [2.45, 2.75) is 0 Å². The van der Waals surface area contributed by atoms with Gasteiger partial charge in [0.2, 0.25) is 5.28 Å². The van der Waals surface area contributed by atoms with Gasteiger partial charge in [-0.25, -0.2) is 14.8 Å². The number of hydrogen-bond acceptors (Lipinski definition) is 3. The van der Waals surface area contributed by atoms with E-state index in [0.717, 1.165) is 16.6 Å². The summed E-state index contributed by atoms with van der Waals surface area (Å²) in [4.78, 5) is 24.4. The van der Waals surface area contributed by atoms with Gasteiger partial charge in [0.05, 0.1) is 16.7 Å². The first-order chi connectivity index (χ1) is 8.22. The fourth-order valence-electron chi connectivity index (χ4n) is 1.69. The summed E-state index contributed by atoms with van der Waals surface area (Å²) >= 11 is 5.73. The highest BCUT2D eigenvalue weighted by atomic mass is 35.5. The first kappa shape index (κ1) is 10.0. The number of rotatable bonds is 1. The zero-order valence-electron chi connectivity index (χ0n) is 8.57. The lowest BCUT2D eigenvalue weighted by atomic mass is 10.1. The van der Waals surface area contributed by atoms with Crippen molar-refractivity contribution in [2.24, 2.45) is 0 Å². The summed E-state index contributed by atoms with van der Waals surface area (Å²) in [5, 5.41) is 0.199. The Morgan fingerprint density at radius 3 is 2.76 bits per heavy atom. The Kier molecular flexibility index (Phi) is 2.19. The van der Waals surface area contributed by atoms with E-state index < -0.39 is 0 Å². The third-order valence-corrected chi connectivity index (χ3v) is 2.62. The lowest BCUT2D eigenvalue weighted by Gasteiger charge is -2.00. The highest BCUT2D eigenvalue weighted by Crippen LogP contribution is 2.20. The average Bonchev–Trinajstić information content (AvgIpc) is 2.68. The zero-order valence-corrected chi connectivity index (χ0v) is 9.32. The van der Waals surface area contributed by atoms with Crippen LogP contribution in [0, 0.1) is 0 Å². The van der Waals surface area contributed by atoms with E-state index in [0.29, 0.717) is 5.69 Å². The van der Waals surface area contributed by atoms with Crippen molar-refractivity contribution in [2.75, 3.05) is 0 Å². The van der Waals surface area contributed by atoms with Gasteiger partial charge in [0.15, 0.2) is 0 Å². The molecule has 0 spiro atoms. The van der Waals surface area contributed by atoms with E-state index in [9.17, 15) is 4.79 Å². The Morgan fingerprint density at radius 1 is 1.12 bits per heavy atom. The number of aromatic nitrogens is 4. The molecule has 2 heterocycles. The van der Waals surface area contributed by atoms with Crippen molar-refractivity contribution in [1.29, 1.82) is 0 Å². The van der Waals surface area contributed by atoms with Crippen LogP contribution in [0.15, 0.2) is 35.3 Å². The normalized spacial score (nSPS) is 10.9. The molecule has 5 nitrogen and oxygen atoms in total. The Bertz CT molecular complexity index is 746. The third-order valence-electron chi connectivity index (χ3n) is 2.44. The number of benzene rings is 1. The number of imidazole rings is 1. The number of halogens is 1. The van der Waals surface area contributed by atoms with Crippen LogP contribution in [0.2, 0.25) is 5.28 Å². The number of hydrogen-bond donors (Lipinski definition) is 2. The Morgan fingerprint density at radius 2 is 1.94 bits per heavy atom. The van der Waals surface area contributed by atoms with Gasteiger partial charge in [0.1, 0.15) is 0 Å². The van der Waals surface area contributed by atoms with Crippen LogP contribution in [0.25, 0.3) is 22.3 Å². The maximum atomic E-state index is 11.1. The van der Waals surface area contributed by atoms with E-state index in [1.54, 1.807) is 12.3 Å². The molecular weight excluding hydrogens is 240 g/mol. The molecule has 84 valence electrons. The smallest absolute Gasteiger partial charge is 0.306 e. The summed E-state index contributed by atoms with van der Waals surface area (Å²) in [6.07, 6.45) is 1.59. The predicted molar refractivity (Wildman–Crippen MR) is 65.0 cm³/mol. The molecule has 0 unspecified atom stereocenters. The summed E-state index contributed by atoms with van der Waals surface area (Å²) in [6, 6.07) is 7.28. The molecule has 0 aliphatic rings. The van der Waals surface area contributed by atoms with Crippen molar-refractivity contribution in [3.8, 4) is 11.3 Å². The molecule has 0 bridgehead atoms. The van der Waals surface area contributed by atoms with Crippen LogP contribution in [-0.2, 0) is 0 Å². The number of fused-ring (bicyclic) bond motifs is 1. The van der Waals surface area contributed by atoms with Gasteiger partial charge in [-0.1, -0.05) is 6.07 Å². The van der Waals surface area contributed by atoms with Crippen LogP contribution >= 0.6 is 11.6 Å². The van der Waals surface area contributed by atoms with Crippen molar-refractivity contribution in [3.05, 3.63) is 46.2 Å². The molecule has 6 heteroatoms. The minimum atomic E-state index is -0.224. The van der Waals surface area contributed by atoms with E-state index in [2.05, 4.69) is 19.9 Å². The SMILES string of the molecule is O=c1[nH]c2ccc(-c3ccnc(Cl)n3)cc2[nH]1. The molecule has 0 radical (unpaired) electrons. The van der Waals surface area contributed by atoms with Crippen LogP contribution in [0.1, 0.15) is 0 Å². The molecule has 0 amide bonds. The van der Waals surface area contributed by atoms with E-state index in [1.807, 2.05) is 18.2 Å². The van der Waals surface area contributed by atoms with Gasteiger partial charge in [0, 0.05) is 11.8 Å². The molecule has 0 aliphatic heterocycles. The van der Waals surface area contributed by atoms with Crippen molar-refractivity contribution >= 4 is 22.6 Å². The van der Waals surface area contributed by atoms with Crippen LogP contribution in [0.3, 0.4) is 0 Å². The minimum Gasteiger partial charge on any atom is -0.306 e. The monoisotopic (exact) mass is 246 g/mol. The molecule has 3 aromatic rings. The Labute approximate surface area is 101 Å². The summed E-state index contributed by atoms with van der Waals surface area (Å²) in [5.74, 6) is 0.